The Labute approximate surface area is 142 Å². The van der Waals surface area contributed by atoms with Crippen molar-refractivity contribution < 1.29 is 28.8 Å². The lowest BCUT2D eigenvalue weighted by Crippen LogP contribution is -2.03. The van der Waals surface area contributed by atoms with Crippen LogP contribution in [0.5, 0.6) is 28.7 Å². The number of aromatic hydroxyl groups is 2. The van der Waals surface area contributed by atoms with Gasteiger partial charge >= 0.3 is 0 Å². The van der Waals surface area contributed by atoms with E-state index in [0.29, 0.717) is 22.8 Å². The second-order valence-corrected chi connectivity index (χ2v) is 5.20. The van der Waals surface area contributed by atoms with E-state index in [-0.39, 0.29) is 22.5 Å². The third-order valence-electron chi connectivity index (χ3n) is 3.81. The molecule has 0 bridgehead atoms. The lowest BCUT2D eigenvalue weighted by atomic mass is 10.1. The summed E-state index contributed by atoms with van der Waals surface area (Å²) in [6.45, 7) is 0. The van der Waals surface area contributed by atoms with E-state index in [1.54, 1.807) is 18.2 Å². The Morgan fingerprint density at radius 3 is 2.28 bits per heavy atom. The number of fused-ring (bicyclic) bond motifs is 1. The van der Waals surface area contributed by atoms with Crippen molar-refractivity contribution in [3.05, 3.63) is 40.6 Å². The lowest BCUT2D eigenvalue weighted by Gasteiger charge is -2.11. The van der Waals surface area contributed by atoms with Crippen molar-refractivity contribution in [2.24, 2.45) is 0 Å². The van der Waals surface area contributed by atoms with E-state index in [9.17, 15) is 15.0 Å². The number of phenolic OH excluding ortho intramolecular Hbond substituents is 1. The van der Waals surface area contributed by atoms with Gasteiger partial charge in [0, 0.05) is 17.7 Å². The zero-order chi connectivity index (χ0) is 18.1. The molecule has 0 aliphatic heterocycles. The fourth-order valence-corrected chi connectivity index (χ4v) is 2.56. The molecule has 0 saturated carbocycles. The fourth-order valence-electron chi connectivity index (χ4n) is 2.56. The van der Waals surface area contributed by atoms with Gasteiger partial charge in [0.15, 0.2) is 17.3 Å². The first-order valence-corrected chi connectivity index (χ1v) is 7.29. The Bertz CT molecular complexity index is 1000. The highest BCUT2D eigenvalue weighted by Crippen LogP contribution is 2.38. The average molecular weight is 344 g/mol. The van der Waals surface area contributed by atoms with E-state index in [2.05, 4.69) is 0 Å². The molecule has 2 N–H and O–H groups in total. The first kappa shape index (κ1) is 16.5. The molecule has 3 aromatic rings. The molecule has 0 amide bonds. The highest BCUT2D eigenvalue weighted by molar-refractivity contribution is 5.88. The Hall–Kier alpha value is -3.35. The zero-order valence-electron chi connectivity index (χ0n) is 13.8. The molecule has 0 aliphatic rings. The summed E-state index contributed by atoms with van der Waals surface area (Å²) in [5.74, 6) is 0.226. The van der Waals surface area contributed by atoms with Gasteiger partial charge < -0.3 is 28.8 Å². The van der Waals surface area contributed by atoms with Crippen molar-refractivity contribution in [1.29, 1.82) is 0 Å². The molecular weight excluding hydrogens is 328 g/mol. The molecule has 25 heavy (non-hydrogen) atoms. The maximum absolute atomic E-state index is 12.5. The molecule has 7 heteroatoms. The summed E-state index contributed by atoms with van der Waals surface area (Å²) in [6.07, 6.45) is 0. The molecule has 2 aromatic carbocycles. The monoisotopic (exact) mass is 344 g/mol. The van der Waals surface area contributed by atoms with Crippen LogP contribution in [-0.2, 0) is 0 Å². The summed E-state index contributed by atoms with van der Waals surface area (Å²) in [5, 5.41) is 20.2. The van der Waals surface area contributed by atoms with E-state index in [1.807, 2.05) is 0 Å². The Morgan fingerprint density at radius 2 is 1.64 bits per heavy atom. The van der Waals surface area contributed by atoms with Crippen molar-refractivity contribution in [2.45, 2.75) is 0 Å². The highest BCUT2D eigenvalue weighted by atomic mass is 16.5. The number of benzene rings is 2. The van der Waals surface area contributed by atoms with Crippen molar-refractivity contribution in [3.63, 3.8) is 0 Å². The smallest absolute Gasteiger partial charge is 0.238 e. The minimum absolute atomic E-state index is 0.0499. The van der Waals surface area contributed by atoms with Crippen LogP contribution in [0.1, 0.15) is 0 Å². The van der Waals surface area contributed by atoms with Crippen LogP contribution < -0.4 is 19.6 Å². The van der Waals surface area contributed by atoms with E-state index >= 15 is 0 Å². The van der Waals surface area contributed by atoms with Crippen LogP contribution in [0.3, 0.4) is 0 Å². The Balaban J connectivity index is 2.30. The van der Waals surface area contributed by atoms with Gasteiger partial charge in [0.2, 0.25) is 11.2 Å². The molecule has 0 fully saturated rings. The van der Waals surface area contributed by atoms with E-state index in [1.165, 1.54) is 33.5 Å². The molecule has 0 atom stereocenters. The van der Waals surface area contributed by atoms with Gasteiger partial charge in [-0.15, -0.1) is 0 Å². The summed E-state index contributed by atoms with van der Waals surface area (Å²) in [7, 11) is 4.40. The summed E-state index contributed by atoms with van der Waals surface area (Å²) in [5.41, 5.74) is -0.243. The van der Waals surface area contributed by atoms with Gasteiger partial charge in [-0.05, 0) is 18.2 Å². The second-order valence-electron chi connectivity index (χ2n) is 5.20. The topological polar surface area (TPSA) is 98.4 Å². The Kier molecular flexibility index (Phi) is 4.14. The highest BCUT2D eigenvalue weighted by Gasteiger charge is 2.20. The minimum atomic E-state index is -0.744. The molecule has 0 saturated heterocycles. The van der Waals surface area contributed by atoms with Crippen LogP contribution in [0, 0.1) is 0 Å². The molecule has 1 aromatic heterocycles. The molecular formula is C18H16O7. The number of phenols is 1. The predicted molar refractivity (Wildman–Crippen MR) is 90.9 cm³/mol. The normalized spacial score (nSPS) is 10.7. The fraction of sp³-hybridized carbons (Fsp3) is 0.167. The third-order valence-corrected chi connectivity index (χ3v) is 3.81. The van der Waals surface area contributed by atoms with Crippen LogP contribution in [0.25, 0.3) is 22.3 Å². The number of hydrogen-bond acceptors (Lipinski definition) is 7. The van der Waals surface area contributed by atoms with Gasteiger partial charge in [-0.1, -0.05) is 0 Å². The SMILES string of the molecule is COc1cc(O)c2c(=O)c(O)c(-c3ccc(OC)c(OC)c3)oc2c1. The van der Waals surface area contributed by atoms with Crippen molar-refractivity contribution in [2.75, 3.05) is 21.3 Å². The molecule has 1 heterocycles. The minimum Gasteiger partial charge on any atom is -0.507 e. The maximum Gasteiger partial charge on any atom is 0.238 e. The zero-order valence-corrected chi connectivity index (χ0v) is 13.8. The summed E-state index contributed by atoms with van der Waals surface area (Å²) in [4.78, 5) is 12.5. The maximum atomic E-state index is 12.5. The van der Waals surface area contributed by atoms with E-state index in [4.69, 9.17) is 18.6 Å². The largest absolute Gasteiger partial charge is 0.507 e. The van der Waals surface area contributed by atoms with Crippen molar-refractivity contribution in [1.82, 2.24) is 0 Å². The lowest BCUT2D eigenvalue weighted by molar-refractivity contribution is 0.355. The molecule has 0 aliphatic carbocycles. The van der Waals surface area contributed by atoms with E-state index < -0.39 is 11.2 Å². The van der Waals surface area contributed by atoms with Gasteiger partial charge in [-0.25, -0.2) is 0 Å². The number of methoxy groups -OCH3 is 3. The molecule has 0 spiro atoms. The molecule has 130 valence electrons. The molecule has 3 rings (SSSR count). The summed E-state index contributed by atoms with van der Waals surface area (Å²) in [6, 6.07) is 7.55. The van der Waals surface area contributed by atoms with Gasteiger partial charge in [-0.3, -0.25) is 4.79 Å². The number of ether oxygens (including phenoxy) is 3. The first-order chi connectivity index (χ1) is 12.0. The van der Waals surface area contributed by atoms with Gasteiger partial charge in [-0.2, -0.15) is 0 Å². The molecule has 0 radical (unpaired) electrons. The van der Waals surface area contributed by atoms with Gasteiger partial charge in [0.05, 0.1) is 21.3 Å². The van der Waals surface area contributed by atoms with Crippen LogP contribution >= 0.6 is 0 Å². The summed E-state index contributed by atoms with van der Waals surface area (Å²) < 4.78 is 21.1. The second kappa shape index (κ2) is 6.27. The van der Waals surface area contributed by atoms with Gasteiger partial charge in [0.1, 0.15) is 22.5 Å². The van der Waals surface area contributed by atoms with Gasteiger partial charge in [0.25, 0.3) is 0 Å². The first-order valence-electron chi connectivity index (χ1n) is 7.29. The van der Waals surface area contributed by atoms with Crippen molar-refractivity contribution >= 4 is 11.0 Å². The van der Waals surface area contributed by atoms with Crippen LogP contribution in [0.15, 0.2) is 39.5 Å². The van der Waals surface area contributed by atoms with Crippen LogP contribution in [-0.4, -0.2) is 31.5 Å². The number of rotatable bonds is 4. The van der Waals surface area contributed by atoms with E-state index in [0.717, 1.165) is 0 Å². The predicted octanol–water partition coefficient (Wildman–Crippen LogP) is 2.90. The Morgan fingerprint density at radius 1 is 0.920 bits per heavy atom. The van der Waals surface area contributed by atoms with Crippen molar-refractivity contribution in [3.8, 4) is 40.1 Å². The standard InChI is InChI=1S/C18H16O7/c1-22-10-7-11(19)15-14(8-10)25-18(17(21)16(15)20)9-4-5-12(23-2)13(6-9)24-3/h4-8,19,21H,1-3H3. The molecule has 7 nitrogen and oxygen atoms in total. The summed E-state index contributed by atoms with van der Waals surface area (Å²) >= 11 is 0. The number of hydrogen-bond donors (Lipinski definition) is 2. The van der Waals surface area contributed by atoms with Crippen LogP contribution in [0.4, 0.5) is 0 Å². The quantitative estimate of drug-likeness (QED) is 0.751. The van der Waals surface area contributed by atoms with Crippen LogP contribution in [0.2, 0.25) is 0 Å². The average Bonchev–Trinajstić information content (AvgIpc) is 2.63. The molecule has 0 unspecified atom stereocenters. The third kappa shape index (κ3) is 2.69.